The fourth-order valence-corrected chi connectivity index (χ4v) is 7.12. The molecule has 0 aliphatic carbocycles. The molecule has 13 heteroatoms. The van der Waals surface area contributed by atoms with E-state index in [0.717, 1.165) is 11.8 Å². The van der Waals surface area contributed by atoms with E-state index in [9.17, 15) is 22.8 Å². The lowest BCUT2D eigenvalue weighted by molar-refractivity contribution is -0.132. The number of anilines is 3. The van der Waals surface area contributed by atoms with Gasteiger partial charge in [0.15, 0.2) is 0 Å². The van der Waals surface area contributed by atoms with Gasteiger partial charge in [-0.15, -0.1) is 11.3 Å². The first-order chi connectivity index (χ1) is 21.1. The Hall–Kier alpha value is -4.49. The van der Waals surface area contributed by atoms with Gasteiger partial charge >= 0.3 is 6.03 Å². The molecule has 44 heavy (non-hydrogen) atoms. The number of carbonyl (C=O) groups excluding carboxylic acids is 3. The Morgan fingerprint density at radius 3 is 2.66 bits per heavy atom. The molecule has 6 rings (SSSR count). The van der Waals surface area contributed by atoms with Crippen molar-refractivity contribution in [2.75, 3.05) is 35.3 Å². The van der Waals surface area contributed by atoms with E-state index in [-0.39, 0.29) is 30.0 Å². The van der Waals surface area contributed by atoms with Crippen LogP contribution in [0.5, 0.6) is 11.5 Å². The summed E-state index contributed by atoms with van der Waals surface area (Å²) in [6.45, 7) is 2.71. The van der Waals surface area contributed by atoms with Gasteiger partial charge in [-0.1, -0.05) is 18.2 Å². The highest BCUT2D eigenvalue weighted by Gasteiger charge is 2.34. The van der Waals surface area contributed by atoms with Gasteiger partial charge in [0.2, 0.25) is 5.91 Å². The number of nitrogens with zero attached hydrogens (tertiary/aromatic N) is 3. The number of sulfone groups is 1. The van der Waals surface area contributed by atoms with Crippen molar-refractivity contribution >= 4 is 66.3 Å². The smallest absolute Gasteiger partial charge is 0.331 e. The first kappa shape index (κ1) is 29.6. The minimum atomic E-state index is -3.25. The number of benzene rings is 2. The average Bonchev–Trinajstić information content (AvgIpc) is 3.36. The quantitative estimate of drug-likeness (QED) is 0.271. The van der Waals surface area contributed by atoms with Gasteiger partial charge in [-0.25, -0.2) is 18.2 Å². The lowest BCUT2D eigenvalue weighted by Gasteiger charge is -2.33. The van der Waals surface area contributed by atoms with E-state index in [0.29, 0.717) is 69.6 Å². The van der Waals surface area contributed by atoms with Crippen LogP contribution in [0.3, 0.4) is 0 Å². The predicted octanol–water partition coefficient (Wildman–Crippen LogP) is 5.24. The minimum absolute atomic E-state index is 0.0841. The van der Waals surface area contributed by atoms with Gasteiger partial charge in [0.1, 0.15) is 31.0 Å². The van der Waals surface area contributed by atoms with Gasteiger partial charge in [0.25, 0.3) is 5.91 Å². The number of nitrogens with one attached hydrogen (secondary N) is 2. The van der Waals surface area contributed by atoms with Gasteiger partial charge in [-0.05, 0) is 61.7 Å². The Balaban J connectivity index is 1.23. The van der Waals surface area contributed by atoms with Crippen molar-refractivity contribution in [3.63, 3.8) is 0 Å². The Morgan fingerprint density at radius 1 is 1.11 bits per heavy atom. The number of carbonyl (C=O) groups is 3. The number of ether oxygens (including phenoxy) is 1. The summed E-state index contributed by atoms with van der Waals surface area (Å²) in [7, 11) is -3.25. The highest BCUT2D eigenvalue weighted by molar-refractivity contribution is 7.90. The third-order valence-corrected chi connectivity index (χ3v) is 9.68. The summed E-state index contributed by atoms with van der Waals surface area (Å²) in [4.78, 5) is 48.3. The van der Waals surface area contributed by atoms with Crippen molar-refractivity contribution < 1.29 is 27.5 Å². The van der Waals surface area contributed by atoms with Crippen LogP contribution in [0, 0.1) is 6.92 Å². The molecule has 1 saturated heterocycles. The van der Waals surface area contributed by atoms with Crippen LogP contribution in [-0.4, -0.2) is 67.3 Å². The Morgan fingerprint density at radius 2 is 1.91 bits per heavy atom. The second-order valence-corrected chi connectivity index (χ2v) is 14.2. The van der Waals surface area contributed by atoms with Gasteiger partial charge in [-0.3, -0.25) is 14.5 Å². The van der Waals surface area contributed by atoms with E-state index in [1.54, 1.807) is 22.1 Å². The third kappa shape index (κ3) is 6.10. The number of hydrogen-bond donors (Lipinski definition) is 2. The van der Waals surface area contributed by atoms with Crippen LogP contribution >= 0.6 is 11.3 Å². The fourth-order valence-electron chi connectivity index (χ4n) is 5.55. The van der Waals surface area contributed by atoms with E-state index in [2.05, 4.69) is 15.6 Å². The molecule has 4 amide bonds. The van der Waals surface area contributed by atoms with Gasteiger partial charge in [-0.2, -0.15) is 0 Å². The maximum absolute atomic E-state index is 13.6. The number of pyridine rings is 1. The van der Waals surface area contributed by atoms with Crippen LogP contribution in [0.25, 0.3) is 10.2 Å². The summed E-state index contributed by atoms with van der Waals surface area (Å²) in [6, 6.07) is 16.0. The summed E-state index contributed by atoms with van der Waals surface area (Å²) in [5.41, 5.74) is 2.51. The Kier molecular flexibility index (Phi) is 7.99. The van der Waals surface area contributed by atoms with Crippen molar-refractivity contribution in [3.8, 4) is 11.5 Å². The number of thiophene rings is 1. The lowest BCUT2D eigenvalue weighted by Crippen LogP contribution is -2.49. The van der Waals surface area contributed by atoms with Crippen molar-refractivity contribution in [2.24, 2.45) is 0 Å². The molecule has 4 aromatic rings. The van der Waals surface area contributed by atoms with Crippen molar-refractivity contribution in [1.82, 2.24) is 15.2 Å². The monoisotopic (exact) mass is 633 g/mol. The normalized spacial score (nSPS) is 16.5. The molecule has 4 heterocycles. The molecule has 2 aliphatic heterocycles. The molecule has 1 atom stereocenters. The molecule has 1 unspecified atom stereocenters. The molecule has 0 saturated carbocycles. The highest BCUT2D eigenvalue weighted by atomic mass is 32.2. The number of aryl methyl sites for hydroxylation is 1. The average molecular weight is 634 g/mol. The van der Waals surface area contributed by atoms with Crippen LogP contribution < -0.4 is 20.3 Å². The van der Waals surface area contributed by atoms with Gasteiger partial charge in [0, 0.05) is 38.0 Å². The molecule has 1 fully saturated rings. The third-order valence-electron chi connectivity index (χ3n) is 7.64. The van der Waals surface area contributed by atoms with Gasteiger partial charge < -0.3 is 20.3 Å². The zero-order chi connectivity index (χ0) is 31.0. The molecule has 0 bridgehead atoms. The maximum atomic E-state index is 13.6. The molecular formula is C31H31N5O6S2. The Bertz CT molecular complexity index is 1880. The van der Waals surface area contributed by atoms with Crippen LogP contribution in [0.15, 0.2) is 60.8 Å². The van der Waals surface area contributed by atoms with E-state index in [1.165, 1.54) is 11.3 Å². The second kappa shape index (κ2) is 11.9. The molecule has 2 N–H and O–H groups in total. The highest BCUT2D eigenvalue weighted by Crippen LogP contribution is 2.46. The zero-order valence-corrected chi connectivity index (χ0v) is 25.8. The molecule has 11 nitrogen and oxygen atoms in total. The summed E-state index contributed by atoms with van der Waals surface area (Å²) < 4.78 is 29.0. The molecule has 2 aromatic heterocycles. The second-order valence-electron chi connectivity index (χ2n) is 11.0. The molecule has 2 aliphatic rings. The number of amides is 4. The Labute approximate surface area is 258 Å². The number of piperidine rings is 1. The fraction of sp³-hybridized carbons (Fsp3) is 0.290. The standard InChI is InChI=1S/C31H31N5O6S2/c1-19-17-22(42-21-8-4-3-5-9-21)10-11-23(19)36-24-12-14-32-30-26(24)27(34-31(36)39)28(43-30)29(38)33-20-7-6-15-35(18-20)25(37)13-16-44(2,40)41/h3-5,8-12,14,17,20H,6-7,13,15-16,18H2,1-2H3,(H,33,38)(H,34,39). The number of likely N-dealkylation sites (tertiary alicyclic amines) is 1. The minimum Gasteiger partial charge on any atom is -0.457 e. The van der Waals surface area contributed by atoms with Crippen molar-refractivity contribution in [1.29, 1.82) is 0 Å². The summed E-state index contributed by atoms with van der Waals surface area (Å²) >= 11 is 1.19. The largest absolute Gasteiger partial charge is 0.457 e. The zero-order valence-electron chi connectivity index (χ0n) is 24.2. The first-order valence-corrected chi connectivity index (χ1v) is 17.1. The van der Waals surface area contributed by atoms with Gasteiger partial charge in [0.05, 0.1) is 28.2 Å². The van der Waals surface area contributed by atoms with Crippen LogP contribution in [0.4, 0.5) is 21.9 Å². The molecule has 0 spiro atoms. The van der Waals surface area contributed by atoms with E-state index in [4.69, 9.17) is 4.74 Å². The van der Waals surface area contributed by atoms with Crippen LogP contribution in [0.2, 0.25) is 0 Å². The van der Waals surface area contributed by atoms with Crippen LogP contribution in [-0.2, 0) is 14.6 Å². The lowest BCUT2D eigenvalue weighted by atomic mass is 10.0. The predicted molar refractivity (Wildman–Crippen MR) is 170 cm³/mol. The number of hydrogen-bond acceptors (Lipinski definition) is 8. The molecule has 2 aromatic carbocycles. The van der Waals surface area contributed by atoms with Crippen molar-refractivity contribution in [3.05, 3.63) is 71.2 Å². The number of para-hydroxylation sites is 1. The molecule has 228 valence electrons. The van der Waals surface area contributed by atoms with Crippen LogP contribution in [0.1, 0.15) is 34.5 Å². The summed E-state index contributed by atoms with van der Waals surface area (Å²) in [6.07, 6.45) is 4.00. The topological polar surface area (TPSA) is 138 Å². The summed E-state index contributed by atoms with van der Waals surface area (Å²) in [5.74, 6) is 0.531. The SMILES string of the molecule is Cc1cc(Oc2ccccc2)ccc1N1C(=O)Nc2c(C(=O)NC3CCCN(C(=O)CCS(C)(=O)=O)C3)sc3nccc1c23. The van der Waals surface area contributed by atoms with E-state index < -0.39 is 15.9 Å². The number of aromatic nitrogens is 1. The first-order valence-electron chi connectivity index (χ1n) is 14.2. The van der Waals surface area contributed by atoms with E-state index >= 15 is 0 Å². The molecule has 0 radical (unpaired) electrons. The number of rotatable bonds is 8. The molecular weight excluding hydrogens is 603 g/mol. The maximum Gasteiger partial charge on any atom is 0.331 e. The van der Waals surface area contributed by atoms with E-state index in [1.807, 2.05) is 55.5 Å². The van der Waals surface area contributed by atoms with Crippen molar-refractivity contribution in [2.45, 2.75) is 32.2 Å². The summed E-state index contributed by atoms with van der Waals surface area (Å²) in [5, 5.41) is 6.61. The number of urea groups is 1.